The normalized spacial score (nSPS) is 17.3. The third-order valence-corrected chi connectivity index (χ3v) is 5.88. The molecule has 2 aliphatic rings. The Morgan fingerprint density at radius 3 is 2.54 bits per heavy atom. The van der Waals surface area contributed by atoms with Gasteiger partial charge in [-0.15, -0.1) is 23.7 Å². The van der Waals surface area contributed by atoms with E-state index in [1.807, 2.05) is 24.3 Å². The molecular weight excluding hydrogens is 374 g/mol. The molecule has 1 aliphatic carbocycles. The van der Waals surface area contributed by atoms with Crippen LogP contribution in [0.1, 0.15) is 25.1 Å². The average Bonchev–Trinajstić information content (AvgIpc) is 3.28. The summed E-state index contributed by atoms with van der Waals surface area (Å²) in [5, 5.41) is 4.09. The SMILES string of the molecule is Cl.NC1(c2noc(-c3ccc(-c4ccc5c(c4)OCCO5)s3)n2)CCC1. The molecule has 1 saturated carbocycles. The Hall–Kier alpha value is -2.09. The first-order chi connectivity index (χ1) is 12.2. The fourth-order valence-corrected chi connectivity index (χ4v) is 4.04. The molecule has 8 heteroatoms. The summed E-state index contributed by atoms with van der Waals surface area (Å²) < 4.78 is 16.7. The summed E-state index contributed by atoms with van der Waals surface area (Å²) in [7, 11) is 0. The largest absolute Gasteiger partial charge is 0.486 e. The van der Waals surface area contributed by atoms with Crippen molar-refractivity contribution >= 4 is 23.7 Å². The first-order valence-corrected chi connectivity index (χ1v) is 9.16. The topological polar surface area (TPSA) is 83.4 Å². The van der Waals surface area contributed by atoms with E-state index in [0.29, 0.717) is 24.9 Å². The Bertz CT molecular complexity index is 935. The van der Waals surface area contributed by atoms with Gasteiger partial charge in [0, 0.05) is 4.88 Å². The summed E-state index contributed by atoms with van der Waals surface area (Å²) in [6.45, 7) is 1.18. The predicted molar refractivity (Wildman–Crippen MR) is 101 cm³/mol. The maximum atomic E-state index is 6.27. The Balaban J connectivity index is 0.00000168. The molecule has 1 fully saturated rings. The zero-order valence-corrected chi connectivity index (χ0v) is 15.6. The number of halogens is 1. The molecule has 1 aromatic carbocycles. The molecule has 0 amide bonds. The second kappa shape index (κ2) is 6.57. The summed E-state index contributed by atoms with van der Waals surface area (Å²) in [4.78, 5) is 6.56. The summed E-state index contributed by atoms with van der Waals surface area (Å²) >= 11 is 1.61. The van der Waals surface area contributed by atoms with E-state index in [1.165, 1.54) is 0 Å². The minimum Gasteiger partial charge on any atom is -0.486 e. The minimum absolute atomic E-state index is 0. The Morgan fingerprint density at radius 2 is 1.77 bits per heavy atom. The van der Waals surface area contributed by atoms with E-state index < -0.39 is 5.54 Å². The van der Waals surface area contributed by atoms with Gasteiger partial charge in [-0.2, -0.15) is 4.98 Å². The second-order valence-corrected chi connectivity index (χ2v) is 7.54. The number of rotatable bonds is 3. The van der Waals surface area contributed by atoms with Crippen molar-refractivity contribution in [1.29, 1.82) is 0 Å². The van der Waals surface area contributed by atoms with Crippen LogP contribution >= 0.6 is 23.7 Å². The van der Waals surface area contributed by atoms with Crippen LogP contribution < -0.4 is 15.2 Å². The number of hydrogen-bond donors (Lipinski definition) is 1. The van der Waals surface area contributed by atoms with Crippen molar-refractivity contribution in [3.05, 3.63) is 36.2 Å². The standard InChI is InChI=1S/C18H17N3O3S.ClH/c19-18(6-1-7-18)17-20-16(24-21-17)15-5-4-14(25-15)11-2-3-12-13(10-11)23-9-8-22-12;/h2-5,10H,1,6-9,19H2;1H. The third kappa shape index (κ3) is 2.86. The van der Waals surface area contributed by atoms with Crippen LogP contribution in [0.3, 0.4) is 0 Å². The van der Waals surface area contributed by atoms with Crippen molar-refractivity contribution in [2.45, 2.75) is 24.8 Å². The van der Waals surface area contributed by atoms with Crippen LogP contribution in [0, 0.1) is 0 Å². The molecular formula is C18H18ClN3O3S. The lowest BCUT2D eigenvalue weighted by atomic mass is 9.77. The van der Waals surface area contributed by atoms with Crippen LogP contribution in [0.25, 0.3) is 21.2 Å². The Kier molecular flexibility index (Phi) is 4.38. The molecule has 136 valence electrons. The third-order valence-electron chi connectivity index (χ3n) is 4.76. The van der Waals surface area contributed by atoms with E-state index in [4.69, 9.17) is 19.7 Å². The number of nitrogens with zero attached hydrogens (tertiary/aromatic N) is 2. The van der Waals surface area contributed by atoms with Crippen molar-refractivity contribution in [3.63, 3.8) is 0 Å². The van der Waals surface area contributed by atoms with Gasteiger partial charge in [-0.1, -0.05) is 5.16 Å². The number of nitrogens with two attached hydrogens (primary N) is 1. The number of benzene rings is 1. The maximum Gasteiger partial charge on any atom is 0.268 e. The van der Waals surface area contributed by atoms with Crippen LogP contribution in [-0.4, -0.2) is 23.4 Å². The van der Waals surface area contributed by atoms with E-state index in [9.17, 15) is 0 Å². The molecule has 0 saturated heterocycles. The van der Waals surface area contributed by atoms with Gasteiger partial charge < -0.3 is 19.7 Å². The van der Waals surface area contributed by atoms with Crippen molar-refractivity contribution in [1.82, 2.24) is 10.1 Å². The second-order valence-electron chi connectivity index (χ2n) is 6.46. The van der Waals surface area contributed by atoms with Gasteiger partial charge in [0.15, 0.2) is 17.3 Å². The fourth-order valence-electron chi connectivity index (χ4n) is 3.11. The molecule has 0 unspecified atom stereocenters. The minimum atomic E-state index is -0.405. The molecule has 0 radical (unpaired) electrons. The van der Waals surface area contributed by atoms with Crippen LogP contribution in [0.5, 0.6) is 11.5 Å². The van der Waals surface area contributed by atoms with E-state index in [-0.39, 0.29) is 12.4 Å². The lowest BCUT2D eigenvalue weighted by molar-refractivity contribution is 0.171. The zero-order valence-electron chi connectivity index (χ0n) is 13.9. The van der Waals surface area contributed by atoms with Crippen molar-refractivity contribution in [2.75, 3.05) is 13.2 Å². The summed E-state index contributed by atoms with van der Waals surface area (Å²) in [5.41, 5.74) is 6.94. The summed E-state index contributed by atoms with van der Waals surface area (Å²) in [6, 6.07) is 10.0. The number of thiophene rings is 1. The molecule has 5 rings (SSSR count). The highest BCUT2D eigenvalue weighted by molar-refractivity contribution is 7.18. The number of hydrogen-bond acceptors (Lipinski definition) is 7. The average molecular weight is 392 g/mol. The zero-order chi connectivity index (χ0) is 16.9. The van der Waals surface area contributed by atoms with Crippen LogP contribution in [0.4, 0.5) is 0 Å². The smallest absolute Gasteiger partial charge is 0.268 e. The summed E-state index contributed by atoms with van der Waals surface area (Å²) in [6.07, 6.45) is 2.95. The van der Waals surface area contributed by atoms with Gasteiger partial charge in [-0.3, -0.25) is 0 Å². The fraction of sp³-hybridized carbons (Fsp3) is 0.333. The molecule has 26 heavy (non-hydrogen) atoms. The quantitative estimate of drug-likeness (QED) is 0.726. The number of fused-ring (bicyclic) bond motifs is 1. The molecule has 6 nitrogen and oxygen atoms in total. The highest BCUT2D eigenvalue weighted by Crippen LogP contribution is 2.41. The lowest BCUT2D eigenvalue weighted by Gasteiger charge is -2.34. The Morgan fingerprint density at radius 1 is 1.00 bits per heavy atom. The van der Waals surface area contributed by atoms with Crippen molar-refractivity contribution in [3.8, 4) is 32.7 Å². The van der Waals surface area contributed by atoms with Gasteiger partial charge in [-0.25, -0.2) is 0 Å². The molecule has 3 heterocycles. The van der Waals surface area contributed by atoms with Crippen molar-refractivity contribution < 1.29 is 14.0 Å². The van der Waals surface area contributed by atoms with Crippen LogP contribution in [0.15, 0.2) is 34.9 Å². The predicted octanol–water partition coefficient (Wildman–Crippen LogP) is 4.00. The van der Waals surface area contributed by atoms with E-state index in [0.717, 1.165) is 46.1 Å². The first kappa shape index (κ1) is 17.3. The molecule has 3 aromatic rings. The van der Waals surface area contributed by atoms with Gasteiger partial charge in [-0.05, 0) is 55.2 Å². The van der Waals surface area contributed by atoms with Crippen LogP contribution in [0.2, 0.25) is 0 Å². The lowest BCUT2D eigenvalue weighted by Crippen LogP contribution is -2.44. The van der Waals surface area contributed by atoms with Gasteiger partial charge in [0.25, 0.3) is 5.89 Å². The molecule has 1 aliphatic heterocycles. The number of ether oxygens (including phenoxy) is 2. The molecule has 0 bridgehead atoms. The Labute approximate surface area is 160 Å². The highest BCUT2D eigenvalue weighted by Gasteiger charge is 2.39. The first-order valence-electron chi connectivity index (χ1n) is 8.35. The monoisotopic (exact) mass is 391 g/mol. The van der Waals surface area contributed by atoms with Gasteiger partial charge in [0.2, 0.25) is 0 Å². The summed E-state index contributed by atoms with van der Waals surface area (Å²) in [5.74, 6) is 2.72. The highest BCUT2D eigenvalue weighted by atomic mass is 35.5. The molecule has 2 aromatic heterocycles. The van der Waals surface area contributed by atoms with Crippen LogP contribution in [-0.2, 0) is 5.54 Å². The van der Waals surface area contributed by atoms with E-state index in [1.54, 1.807) is 11.3 Å². The van der Waals surface area contributed by atoms with E-state index in [2.05, 4.69) is 16.2 Å². The maximum absolute atomic E-state index is 6.27. The number of aromatic nitrogens is 2. The van der Waals surface area contributed by atoms with Gasteiger partial charge >= 0.3 is 0 Å². The van der Waals surface area contributed by atoms with E-state index >= 15 is 0 Å². The van der Waals surface area contributed by atoms with Gasteiger partial charge in [0.1, 0.15) is 13.2 Å². The molecule has 0 spiro atoms. The van der Waals surface area contributed by atoms with Crippen molar-refractivity contribution in [2.24, 2.45) is 5.73 Å². The molecule has 0 atom stereocenters. The molecule has 2 N–H and O–H groups in total. The van der Waals surface area contributed by atoms with Gasteiger partial charge in [0.05, 0.1) is 10.4 Å².